The van der Waals surface area contributed by atoms with Gasteiger partial charge in [-0.2, -0.15) is 0 Å². The van der Waals surface area contributed by atoms with Gasteiger partial charge in [-0.25, -0.2) is 4.98 Å². The zero-order valence-electron chi connectivity index (χ0n) is 11.7. The van der Waals surface area contributed by atoms with Crippen LogP contribution in [0.4, 0.5) is 5.69 Å². The molecule has 2 heterocycles. The third-order valence-electron chi connectivity index (χ3n) is 2.89. The summed E-state index contributed by atoms with van der Waals surface area (Å²) in [7, 11) is 0. The third-order valence-corrected chi connectivity index (χ3v) is 2.89. The Hall–Kier alpha value is -2.30. The molecule has 5 heteroatoms. The fourth-order valence-electron chi connectivity index (χ4n) is 1.78. The number of hydrogen-bond donors (Lipinski definition) is 2. The molecule has 0 radical (unpaired) electrons. The first kappa shape index (κ1) is 14.1. The number of aromatic nitrogens is 1. The number of rotatable bonds is 6. The Kier molecular flexibility index (Phi) is 4.76. The molecule has 20 heavy (non-hydrogen) atoms. The van der Waals surface area contributed by atoms with Crippen LogP contribution in [0.15, 0.2) is 41.1 Å². The summed E-state index contributed by atoms with van der Waals surface area (Å²) < 4.78 is 5.25. The average Bonchev–Trinajstić information content (AvgIpc) is 3.00. The van der Waals surface area contributed by atoms with E-state index in [2.05, 4.69) is 22.5 Å². The van der Waals surface area contributed by atoms with Gasteiger partial charge in [-0.3, -0.25) is 4.79 Å². The van der Waals surface area contributed by atoms with Gasteiger partial charge < -0.3 is 15.1 Å². The lowest BCUT2D eigenvalue weighted by atomic mass is 10.2. The van der Waals surface area contributed by atoms with Gasteiger partial charge in [0.1, 0.15) is 11.5 Å². The molecule has 0 saturated heterocycles. The van der Waals surface area contributed by atoms with Crippen LogP contribution in [0.5, 0.6) is 0 Å². The second-order valence-corrected chi connectivity index (χ2v) is 4.57. The van der Waals surface area contributed by atoms with E-state index < -0.39 is 0 Å². The van der Waals surface area contributed by atoms with Crippen molar-refractivity contribution >= 4 is 11.6 Å². The molecule has 1 unspecified atom stereocenters. The van der Waals surface area contributed by atoms with Gasteiger partial charge in [0.05, 0.1) is 24.2 Å². The number of carbonyl (C=O) groups excluding carboxylic acids is 1. The van der Waals surface area contributed by atoms with Crippen molar-refractivity contribution in [1.82, 2.24) is 10.3 Å². The number of nitrogens with zero attached hydrogens (tertiary/aromatic N) is 1. The Labute approximate surface area is 118 Å². The molecule has 0 saturated carbocycles. The predicted octanol–water partition coefficient (Wildman–Crippen LogP) is 2.99. The summed E-state index contributed by atoms with van der Waals surface area (Å²) in [5.74, 6) is 0.510. The minimum Gasteiger partial charge on any atom is -0.467 e. The molecule has 0 aromatic carbocycles. The van der Waals surface area contributed by atoms with Crippen LogP contribution in [0.2, 0.25) is 0 Å². The second kappa shape index (κ2) is 6.75. The van der Waals surface area contributed by atoms with Crippen LogP contribution >= 0.6 is 0 Å². The third kappa shape index (κ3) is 3.60. The van der Waals surface area contributed by atoms with E-state index in [0.717, 1.165) is 24.4 Å². The monoisotopic (exact) mass is 273 g/mol. The highest BCUT2D eigenvalue weighted by Crippen LogP contribution is 2.13. The first-order valence-corrected chi connectivity index (χ1v) is 6.75. The SMILES string of the molecule is CCCNc1ccc(C(=O)NC(C)c2ccco2)nc1. The van der Waals surface area contributed by atoms with Gasteiger partial charge in [0.25, 0.3) is 5.91 Å². The number of anilines is 1. The minimum absolute atomic E-state index is 0.183. The van der Waals surface area contributed by atoms with Gasteiger partial charge in [0, 0.05) is 6.54 Å². The molecule has 0 fully saturated rings. The normalized spacial score (nSPS) is 11.9. The fourth-order valence-corrected chi connectivity index (χ4v) is 1.78. The van der Waals surface area contributed by atoms with Gasteiger partial charge in [0.15, 0.2) is 0 Å². The number of carbonyl (C=O) groups is 1. The molecule has 2 rings (SSSR count). The van der Waals surface area contributed by atoms with Crippen molar-refractivity contribution in [2.45, 2.75) is 26.3 Å². The minimum atomic E-state index is -0.212. The van der Waals surface area contributed by atoms with Crippen molar-refractivity contribution in [1.29, 1.82) is 0 Å². The maximum atomic E-state index is 12.0. The van der Waals surface area contributed by atoms with E-state index in [4.69, 9.17) is 4.42 Å². The number of nitrogens with one attached hydrogen (secondary N) is 2. The highest BCUT2D eigenvalue weighted by molar-refractivity contribution is 5.92. The molecule has 0 bridgehead atoms. The highest BCUT2D eigenvalue weighted by atomic mass is 16.3. The Balaban J connectivity index is 1.95. The van der Waals surface area contributed by atoms with Crippen LogP contribution in [-0.4, -0.2) is 17.4 Å². The quantitative estimate of drug-likeness (QED) is 0.849. The van der Waals surface area contributed by atoms with Gasteiger partial charge >= 0.3 is 0 Å². The van der Waals surface area contributed by atoms with Gasteiger partial charge in [-0.1, -0.05) is 6.92 Å². The molecule has 2 aromatic heterocycles. The molecule has 106 valence electrons. The molecule has 1 amide bonds. The zero-order valence-corrected chi connectivity index (χ0v) is 11.7. The van der Waals surface area contributed by atoms with E-state index in [1.54, 1.807) is 24.6 Å². The average molecular weight is 273 g/mol. The van der Waals surface area contributed by atoms with E-state index in [1.807, 2.05) is 19.1 Å². The van der Waals surface area contributed by atoms with Crippen LogP contribution in [0.1, 0.15) is 42.6 Å². The molecular weight excluding hydrogens is 254 g/mol. The second-order valence-electron chi connectivity index (χ2n) is 4.57. The van der Waals surface area contributed by atoms with Crippen LogP contribution in [0.25, 0.3) is 0 Å². The Morgan fingerprint density at radius 2 is 2.25 bits per heavy atom. The molecule has 0 spiro atoms. The number of hydrogen-bond acceptors (Lipinski definition) is 4. The summed E-state index contributed by atoms with van der Waals surface area (Å²) in [6, 6.07) is 7.01. The molecule has 0 aliphatic carbocycles. The number of furan rings is 1. The van der Waals surface area contributed by atoms with Crippen molar-refractivity contribution in [3.8, 4) is 0 Å². The van der Waals surface area contributed by atoms with Crippen LogP contribution in [-0.2, 0) is 0 Å². The van der Waals surface area contributed by atoms with Gasteiger partial charge in [-0.15, -0.1) is 0 Å². The van der Waals surface area contributed by atoms with Gasteiger partial charge in [-0.05, 0) is 37.6 Å². The number of amides is 1. The standard InChI is InChI=1S/C15H19N3O2/c1-3-8-16-12-6-7-13(17-10-12)15(19)18-11(2)14-5-4-9-20-14/h4-7,9-11,16H,3,8H2,1-2H3,(H,18,19). The summed E-state index contributed by atoms with van der Waals surface area (Å²) in [5, 5.41) is 6.06. The molecule has 2 N–H and O–H groups in total. The summed E-state index contributed by atoms with van der Waals surface area (Å²) in [5.41, 5.74) is 1.31. The largest absolute Gasteiger partial charge is 0.467 e. The maximum Gasteiger partial charge on any atom is 0.270 e. The Morgan fingerprint density at radius 3 is 2.85 bits per heavy atom. The lowest BCUT2D eigenvalue weighted by Crippen LogP contribution is -2.27. The molecular formula is C15H19N3O2. The smallest absolute Gasteiger partial charge is 0.270 e. The lowest BCUT2D eigenvalue weighted by Gasteiger charge is -2.11. The topological polar surface area (TPSA) is 67.2 Å². The van der Waals surface area contributed by atoms with E-state index in [0.29, 0.717) is 5.69 Å². The summed E-state index contributed by atoms with van der Waals surface area (Å²) in [4.78, 5) is 16.2. The van der Waals surface area contributed by atoms with Crippen molar-refractivity contribution in [3.63, 3.8) is 0 Å². The van der Waals surface area contributed by atoms with Crippen LogP contribution < -0.4 is 10.6 Å². The van der Waals surface area contributed by atoms with E-state index in [-0.39, 0.29) is 11.9 Å². The maximum absolute atomic E-state index is 12.0. The molecule has 0 aliphatic heterocycles. The fraction of sp³-hybridized carbons (Fsp3) is 0.333. The Bertz CT molecular complexity index is 535. The van der Waals surface area contributed by atoms with Crippen molar-refractivity contribution in [2.24, 2.45) is 0 Å². The molecule has 0 aliphatic rings. The van der Waals surface area contributed by atoms with E-state index in [9.17, 15) is 4.79 Å². The first-order chi connectivity index (χ1) is 9.70. The number of pyridine rings is 1. The van der Waals surface area contributed by atoms with Crippen LogP contribution in [0, 0.1) is 0 Å². The summed E-state index contributed by atoms with van der Waals surface area (Å²) in [6.45, 7) is 4.86. The van der Waals surface area contributed by atoms with Crippen molar-refractivity contribution < 1.29 is 9.21 Å². The van der Waals surface area contributed by atoms with Crippen LogP contribution in [0.3, 0.4) is 0 Å². The highest BCUT2D eigenvalue weighted by Gasteiger charge is 2.14. The first-order valence-electron chi connectivity index (χ1n) is 6.75. The van der Waals surface area contributed by atoms with Gasteiger partial charge in [0.2, 0.25) is 0 Å². The van der Waals surface area contributed by atoms with Crippen molar-refractivity contribution in [2.75, 3.05) is 11.9 Å². The van der Waals surface area contributed by atoms with E-state index in [1.165, 1.54) is 0 Å². The Morgan fingerprint density at radius 1 is 1.40 bits per heavy atom. The van der Waals surface area contributed by atoms with Crippen molar-refractivity contribution in [3.05, 3.63) is 48.2 Å². The zero-order chi connectivity index (χ0) is 14.4. The predicted molar refractivity (Wildman–Crippen MR) is 77.6 cm³/mol. The summed E-state index contributed by atoms with van der Waals surface area (Å²) >= 11 is 0. The molecule has 2 aromatic rings. The summed E-state index contributed by atoms with van der Waals surface area (Å²) in [6.07, 6.45) is 4.30. The molecule has 5 nitrogen and oxygen atoms in total. The lowest BCUT2D eigenvalue weighted by molar-refractivity contribution is 0.0930. The van der Waals surface area contributed by atoms with E-state index >= 15 is 0 Å². The molecule has 1 atom stereocenters.